The van der Waals surface area contributed by atoms with E-state index in [4.69, 9.17) is 48.9 Å². The molecule has 0 saturated heterocycles. The Morgan fingerprint density at radius 1 is 0.535 bits per heavy atom. The summed E-state index contributed by atoms with van der Waals surface area (Å²) in [5.41, 5.74) is 9.16. The number of hydrogen-bond acceptors (Lipinski definition) is 8. The number of fused-ring (bicyclic) bond motifs is 9. The molecular formula is C35H18S8. The number of hydrogen-bond donors (Lipinski definition) is 0. The van der Waals surface area contributed by atoms with Gasteiger partial charge in [0.15, 0.2) is 0 Å². The number of rotatable bonds is 2. The van der Waals surface area contributed by atoms with Crippen LogP contribution >= 0.6 is 94.2 Å². The van der Waals surface area contributed by atoms with Crippen molar-refractivity contribution in [1.29, 1.82) is 0 Å². The minimum atomic E-state index is -0.0892. The van der Waals surface area contributed by atoms with Crippen LogP contribution in [0.1, 0.15) is 57.0 Å². The van der Waals surface area contributed by atoms with Crippen LogP contribution in [0.25, 0.3) is 40.7 Å². The van der Waals surface area contributed by atoms with Gasteiger partial charge in [-0.15, -0.1) is 45.3 Å². The molecule has 43 heavy (non-hydrogen) atoms. The third-order valence-electron chi connectivity index (χ3n) is 8.61. The molecule has 4 heterocycles. The molecule has 0 bridgehead atoms. The van der Waals surface area contributed by atoms with Crippen LogP contribution in [0.15, 0.2) is 71.8 Å². The van der Waals surface area contributed by atoms with Gasteiger partial charge in [0.25, 0.3) is 0 Å². The Morgan fingerprint density at radius 3 is 1.23 bits per heavy atom. The van der Waals surface area contributed by atoms with Crippen LogP contribution in [-0.4, -0.2) is 19.5 Å². The largest absolute Gasteiger partial charge is 0.135 e. The van der Waals surface area contributed by atoms with Crippen molar-refractivity contribution in [3.8, 4) is 9.75 Å². The second-order valence-corrected chi connectivity index (χ2v) is 17.4. The van der Waals surface area contributed by atoms with Gasteiger partial charge in [0.1, 0.15) is 0 Å². The first-order valence-electron chi connectivity index (χ1n) is 13.7. The summed E-state index contributed by atoms with van der Waals surface area (Å²) in [6, 6.07) is 21.1. The third-order valence-corrected chi connectivity index (χ3v) is 15.3. The van der Waals surface area contributed by atoms with Crippen LogP contribution in [0.4, 0.5) is 0 Å². The maximum absolute atomic E-state index is 5.84. The zero-order valence-electron chi connectivity index (χ0n) is 22.7. The Bertz CT molecular complexity index is 2150. The fourth-order valence-corrected chi connectivity index (χ4v) is 14.1. The molecule has 3 aliphatic rings. The van der Waals surface area contributed by atoms with E-state index in [1.165, 1.54) is 49.4 Å². The highest BCUT2D eigenvalue weighted by Gasteiger charge is 2.43. The maximum atomic E-state index is 5.84. The summed E-state index contributed by atoms with van der Waals surface area (Å²) < 4.78 is 5.47. The molecule has 0 radical (unpaired) electrons. The molecule has 0 fully saturated rings. The minimum Gasteiger partial charge on any atom is -0.135 e. The molecule has 0 amide bonds. The zero-order chi connectivity index (χ0) is 29.4. The van der Waals surface area contributed by atoms with Crippen LogP contribution in [-0.2, 0) is 5.41 Å². The molecule has 0 N–H and O–H groups in total. The molecule has 0 aliphatic heterocycles. The van der Waals surface area contributed by atoms with Crippen molar-refractivity contribution in [3.05, 3.63) is 115 Å². The Balaban J connectivity index is 1.11. The van der Waals surface area contributed by atoms with E-state index in [1.807, 2.05) is 69.6 Å². The van der Waals surface area contributed by atoms with Gasteiger partial charge in [0.05, 0.1) is 38.6 Å². The average molecular weight is 695 g/mol. The minimum absolute atomic E-state index is 0.0892. The lowest BCUT2D eigenvalue weighted by Crippen LogP contribution is -2.14. The number of benzene rings is 2. The van der Waals surface area contributed by atoms with Crippen LogP contribution in [0.3, 0.4) is 0 Å². The highest BCUT2D eigenvalue weighted by Crippen LogP contribution is 2.62. The van der Waals surface area contributed by atoms with Gasteiger partial charge in [-0.3, -0.25) is 0 Å². The maximum Gasteiger partial charge on any atom is 0.0543 e. The summed E-state index contributed by atoms with van der Waals surface area (Å²) in [7, 11) is 0. The molecule has 3 aliphatic carbocycles. The molecule has 0 spiro atoms. The second kappa shape index (κ2) is 9.31. The van der Waals surface area contributed by atoms with Crippen molar-refractivity contribution in [2.24, 2.45) is 0 Å². The van der Waals surface area contributed by atoms with Gasteiger partial charge in [-0.1, -0.05) is 111 Å². The van der Waals surface area contributed by atoms with E-state index in [-0.39, 0.29) is 5.41 Å². The first-order valence-corrected chi connectivity index (χ1v) is 18.6. The van der Waals surface area contributed by atoms with Gasteiger partial charge in [-0.05, 0) is 35.4 Å². The lowest BCUT2D eigenvalue weighted by molar-refractivity contribution is 0.676. The summed E-state index contributed by atoms with van der Waals surface area (Å²) in [4.78, 5) is 8.73. The summed E-state index contributed by atoms with van der Waals surface area (Å²) in [5, 5.41) is 0. The SMILES string of the molecule is CC1(C)c2c(sc3cc(C=C4C(=S)c5ccccc5C4=S)sc23)-c2sc3cc(C=C4C(=S)c5ccccc5C4=S)sc3c21. The van der Waals surface area contributed by atoms with Crippen molar-refractivity contribution in [2.75, 3.05) is 0 Å². The van der Waals surface area contributed by atoms with E-state index in [9.17, 15) is 0 Å². The van der Waals surface area contributed by atoms with E-state index < -0.39 is 0 Å². The van der Waals surface area contributed by atoms with Crippen molar-refractivity contribution in [2.45, 2.75) is 19.3 Å². The molecule has 8 heteroatoms. The topological polar surface area (TPSA) is 0 Å². The highest BCUT2D eigenvalue weighted by atomic mass is 32.1. The summed E-state index contributed by atoms with van der Waals surface area (Å²) in [5.74, 6) is 0. The normalized spacial score (nSPS) is 16.4. The van der Waals surface area contributed by atoms with Crippen molar-refractivity contribution < 1.29 is 0 Å². The average Bonchev–Trinajstić information content (AvgIpc) is 3.82. The summed E-state index contributed by atoms with van der Waals surface area (Å²) >= 11 is 31.0. The van der Waals surface area contributed by atoms with Crippen molar-refractivity contribution >= 4 is 145 Å². The third kappa shape index (κ3) is 3.66. The number of allylic oxidation sites excluding steroid dienone is 2. The van der Waals surface area contributed by atoms with Gasteiger partial charge in [0.2, 0.25) is 0 Å². The van der Waals surface area contributed by atoms with E-state index >= 15 is 0 Å². The summed E-state index contributed by atoms with van der Waals surface area (Å²) in [6.07, 6.45) is 4.42. The van der Waals surface area contributed by atoms with E-state index in [2.05, 4.69) is 62.4 Å². The van der Waals surface area contributed by atoms with E-state index in [0.29, 0.717) is 0 Å². The fourth-order valence-electron chi connectivity index (χ4n) is 6.63. The van der Waals surface area contributed by atoms with E-state index in [1.54, 1.807) is 0 Å². The van der Waals surface area contributed by atoms with Crippen LogP contribution < -0.4 is 0 Å². The van der Waals surface area contributed by atoms with Gasteiger partial charge in [0, 0.05) is 58.0 Å². The Kier molecular flexibility index (Phi) is 5.84. The molecule has 4 aromatic heterocycles. The van der Waals surface area contributed by atoms with Crippen LogP contribution in [0.2, 0.25) is 0 Å². The first kappa shape index (κ1) is 27.0. The predicted octanol–water partition coefficient (Wildman–Crippen LogP) is 11.6. The smallest absolute Gasteiger partial charge is 0.0543 e. The van der Waals surface area contributed by atoms with Gasteiger partial charge in [-0.25, -0.2) is 0 Å². The molecule has 206 valence electrons. The zero-order valence-corrected chi connectivity index (χ0v) is 29.2. The first-order chi connectivity index (χ1) is 20.7. The Labute approximate surface area is 286 Å². The van der Waals surface area contributed by atoms with Crippen LogP contribution in [0.5, 0.6) is 0 Å². The quantitative estimate of drug-likeness (QED) is 0.131. The van der Waals surface area contributed by atoms with Crippen molar-refractivity contribution in [3.63, 3.8) is 0 Å². The second-order valence-electron chi connectivity index (χ2n) is 11.4. The molecule has 0 atom stereocenters. The molecule has 0 nitrogen and oxygen atoms in total. The molecule has 2 aromatic carbocycles. The van der Waals surface area contributed by atoms with Gasteiger partial charge >= 0.3 is 0 Å². The lowest BCUT2D eigenvalue weighted by Gasteiger charge is -2.20. The number of thiocarbonyl (C=S) groups is 4. The predicted molar refractivity (Wildman–Crippen MR) is 206 cm³/mol. The van der Waals surface area contributed by atoms with Crippen LogP contribution in [0, 0.1) is 0 Å². The number of thiophene rings is 4. The Hall–Kier alpha value is -2.40. The highest BCUT2D eigenvalue weighted by molar-refractivity contribution is 7.84. The summed E-state index contributed by atoms with van der Waals surface area (Å²) in [6.45, 7) is 4.78. The Morgan fingerprint density at radius 2 is 0.884 bits per heavy atom. The molecule has 0 saturated carbocycles. The van der Waals surface area contributed by atoms with E-state index in [0.717, 1.165) is 52.9 Å². The fraction of sp³-hybridized carbons (Fsp3) is 0.0857. The standard InChI is InChI=1S/C35H18S8/c1-35(2)25-31-23(13-15(40-31)11-21-27(36)17-7-3-4-8-18(17)28(21)37)42-33(25)34-26(35)32-24(43-34)14-16(41-32)12-22-29(38)19-9-5-6-10-20(19)30(22)39/h3-14H,1-2H3. The lowest BCUT2D eigenvalue weighted by atomic mass is 9.84. The molecule has 9 rings (SSSR count). The molecule has 6 aromatic rings. The van der Waals surface area contributed by atoms with Gasteiger partial charge in [-0.2, -0.15) is 0 Å². The van der Waals surface area contributed by atoms with Crippen molar-refractivity contribution in [1.82, 2.24) is 0 Å². The monoisotopic (exact) mass is 694 g/mol. The molecule has 0 unspecified atom stereocenters. The van der Waals surface area contributed by atoms with Gasteiger partial charge < -0.3 is 0 Å². The molecular weight excluding hydrogens is 677 g/mol.